The Kier molecular flexibility index (Phi) is 7.02. The van der Waals surface area contributed by atoms with E-state index >= 15 is 0 Å². The van der Waals surface area contributed by atoms with Crippen LogP contribution in [0.25, 0.3) is 0 Å². The Balaban J connectivity index is 2.86. The van der Waals surface area contributed by atoms with Gasteiger partial charge in [-0.1, -0.05) is 19.1 Å². The van der Waals surface area contributed by atoms with E-state index in [0.29, 0.717) is 11.4 Å². The highest BCUT2D eigenvalue weighted by Gasteiger charge is 2.20. The summed E-state index contributed by atoms with van der Waals surface area (Å²) in [7, 11) is -1.74. The molecule has 0 saturated heterocycles. The topological polar surface area (TPSA) is 49.4 Å². The highest BCUT2D eigenvalue weighted by atomic mass is 32.2. The summed E-state index contributed by atoms with van der Waals surface area (Å²) in [5.74, 6) is 0.797. The molecule has 6 heteroatoms. The summed E-state index contributed by atoms with van der Waals surface area (Å²) < 4.78 is 26.1. The fraction of sp³-hybridized carbons (Fsp3) is 0.571. The van der Waals surface area contributed by atoms with E-state index in [0.717, 1.165) is 17.9 Å². The lowest BCUT2D eigenvalue weighted by Gasteiger charge is -2.18. The second-order valence-electron chi connectivity index (χ2n) is 4.67. The van der Waals surface area contributed by atoms with Crippen LogP contribution in [0.1, 0.15) is 25.5 Å². The molecular formula is C14H24N2O2S2. The van der Waals surface area contributed by atoms with Gasteiger partial charge in [0, 0.05) is 25.4 Å². The molecule has 1 rings (SSSR count). The number of benzene rings is 1. The molecule has 0 fully saturated rings. The third kappa shape index (κ3) is 4.48. The molecule has 0 aliphatic heterocycles. The predicted octanol–water partition coefficient (Wildman–Crippen LogP) is 2.34. The number of rotatable bonds is 8. The molecule has 0 saturated carbocycles. The Morgan fingerprint density at radius 3 is 2.40 bits per heavy atom. The van der Waals surface area contributed by atoms with Gasteiger partial charge >= 0.3 is 0 Å². The van der Waals surface area contributed by atoms with Crippen molar-refractivity contribution in [2.24, 2.45) is 0 Å². The Bertz CT molecular complexity index is 500. The smallest absolute Gasteiger partial charge is 0.242 e. The molecule has 20 heavy (non-hydrogen) atoms. The van der Waals surface area contributed by atoms with Gasteiger partial charge in [-0.05, 0) is 37.4 Å². The Morgan fingerprint density at radius 1 is 1.30 bits per heavy atom. The highest BCUT2D eigenvalue weighted by molar-refractivity contribution is 7.98. The minimum Gasteiger partial charge on any atom is -0.310 e. The van der Waals surface area contributed by atoms with Gasteiger partial charge in [0.2, 0.25) is 10.0 Å². The zero-order valence-electron chi connectivity index (χ0n) is 12.6. The van der Waals surface area contributed by atoms with Crippen LogP contribution in [0, 0.1) is 0 Å². The van der Waals surface area contributed by atoms with Crippen LogP contribution in [-0.2, 0) is 10.0 Å². The van der Waals surface area contributed by atoms with E-state index in [4.69, 9.17) is 0 Å². The average molecular weight is 316 g/mol. The van der Waals surface area contributed by atoms with Gasteiger partial charge in [0.15, 0.2) is 0 Å². The molecule has 0 amide bonds. The summed E-state index contributed by atoms with van der Waals surface area (Å²) in [5.41, 5.74) is 1.09. The van der Waals surface area contributed by atoms with Crippen LogP contribution < -0.4 is 5.32 Å². The van der Waals surface area contributed by atoms with Crippen LogP contribution in [0.4, 0.5) is 0 Å². The zero-order chi connectivity index (χ0) is 15.2. The summed E-state index contributed by atoms with van der Waals surface area (Å²) >= 11 is 1.64. The summed E-state index contributed by atoms with van der Waals surface area (Å²) in [4.78, 5) is 0.355. The molecule has 0 heterocycles. The van der Waals surface area contributed by atoms with Crippen LogP contribution in [-0.4, -0.2) is 44.9 Å². The molecule has 1 atom stereocenters. The van der Waals surface area contributed by atoms with Crippen molar-refractivity contribution >= 4 is 21.8 Å². The standard InChI is InChI=1S/C14H24N2O2S2/c1-5-15-12(2)13-6-8-14(9-7-13)20(17,18)16(3)10-11-19-4/h6-9,12,15H,5,10-11H2,1-4H3. The third-order valence-corrected chi connectivity index (χ3v) is 5.67. The molecule has 0 radical (unpaired) electrons. The van der Waals surface area contributed by atoms with Gasteiger partial charge in [-0.2, -0.15) is 11.8 Å². The normalized spacial score (nSPS) is 13.7. The summed E-state index contributed by atoms with van der Waals surface area (Å²) in [6.07, 6.45) is 1.97. The van der Waals surface area contributed by atoms with Gasteiger partial charge in [-0.15, -0.1) is 0 Å². The van der Waals surface area contributed by atoms with Crippen molar-refractivity contribution < 1.29 is 8.42 Å². The maximum absolute atomic E-state index is 12.3. The van der Waals surface area contributed by atoms with Gasteiger partial charge < -0.3 is 5.32 Å². The van der Waals surface area contributed by atoms with Crippen molar-refractivity contribution in [3.63, 3.8) is 0 Å². The van der Waals surface area contributed by atoms with E-state index in [2.05, 4.69) is 19.2 Å². The second-order valence-corrected chi connectivity index (χ2v) is 7.70. The third-order valence-electron chi connectivity index (χ3n) is 3.21. The van der Waals surface area contributed by atoms with E-state index in [9.17, 15) is 8.42 Å². The summed E-state index contributed by atoms with van der Waals surface area (Å²) in [6, 6.07) is 7.36. The molecule has 4 nitrogen and oxygen atoms in total. The predicted molar refractivity (Wildman–Crippen MR) is 86.7 cm³/mol. The number of nitrogens with zero attached hydrogens (tertiary/aromatic N) is 1. The maximum atomic E-state index is 12.3. The molecule has 0 aliphatic rings. The lowest BCUT2D eigenvalue weighted by molar-refractivity contribution is 0.488. The Labute approximate surface area is 127 Å². The number of sulfonamides is 1. The Hall–Kier alpha value is -0.560. The lowest BCUT2D eigenvalue weighted by atomic mass is 10.1. The summed E-state index contributed by atoms with van der Waals surface area (Å²) in [6.45, 7) is 5.53. The molecule has 0 aliphatic carbocycles. The fourth-order valence-corrected chi connectivity index (χ4v) is 3.62. The van der Waals surface area contributed by atoms with E-state index < -0.39 is 10.0 Å². The first-order valence-corrected chi connectivity index (χ1v) is 9.55. The number of nitrogens with one attached hydrogen (secondary N) is 1. The minimum atomic E-state index is -3.37. The zero-order valence-corrected chi connectivity index (χ0v) is 14.2. The van der Waals surface area contributed by atoms with Crippen LogP contribution in [0.5, 0.6) is 0 Å². The van der Waals surface area contributed by atoms with Crippen molar-refractivity contribution in [3.8, 4) is 0 Å². The molecule has 0 aromatic heterocycles. The van der Waals surface area contributed by atoms with Crippen LogP contribution in [0.15, 0.2) is 29.2 Å². The van der Waals surface area contributed by atoms with Crippen LogP contribution in [0.2, 0.25) is 0 Å². The monoisotopic (exact) mass is 316 g/mol. The first kappa shape index (κ1) is 17.5. The SMILES string of the molecule is CCNC(C)c1ccc(S(=O)(=O)N(C)CCSC)cc1. The van der Waals surface area contributed by atoms with Crippen LogP contribution in [0.3, 0.4) is 0 Å². The number of thioether (sulfide) groups is 1. The molecule has 1 aromatic carbocycles. The minimum absolute atomic E-state index is 0.228. The molecule has 114 valence electrons. The first-order valence-electron chi connectivity index (χ1n) is 6.72. The summed E-state index contributed by atoms with van der Waals surface area (Å²) in [5, 5.41) is 3.31. The molecule has 1 unspecified atom stereocenters. The first-order chi connectivity index (χ1) is 9.43. The molecule has 0 spiro atoms. The molecule has 1 aromatic rings. The van der Waals surface area contributed by atoms with Gasteiger partial charge in [0.1, 0.15) is 0 Å². The Morgan fingerprint density at radius 2 is 1.90 bits per heavy atom. The van der Waals surface area contributed by atoms with Crippen molar-refractivity contribution in [1.82, 2.24) is 9.62 Å². The van der Waals surface area contributed by atoms with Crippen LogP contribution >= 0.6 is 11.8 Å². The molecular weight excluding hydrogens is 292 g/mol. The number of hydrogen-bond acceptors (Lipinski definition) is 4. The molecule has 1 N–H and O–H groups in total. The van der Waals surface area contributed by atoms with E-state index in [-0.39, 0.29) is 6.04 Å². The van der Waals surface area contributed by atoms with E-state index in [1.165, 1.54) is 4.31 Å². The van der Waals surface area contributed by atoms with Gasteiger partial charge in [0.25, 0.3) is 0 Å². The number of hydrogen-bond donors (Lipinski definition) is 1. The second kappa shape index (κ2) is 8.02. The molecule has 0 bridgehead atoms. The van der Waals surface area contributed by atoms with E-state index in [1.807, 2.05) is 18.4 Å². The van der Waals surface area contributed by atoms with Crippen molar-refractivity contribution in [2.45, 2.75) is 24.8 Å². The lowest BCUT2D eigenvalue weighted by Crippen LogP contribution is -2.29. The van der Waals surface area contributed by atoms with Crippen molar-refractivity contribution in [1.29, 1.82) is 0 Å². The van der Waals surface area contributed by atoms with Gasteiger partial charge in [-0.3, -0.25) is 0 Å². The van der Waals surface area contributed by atoms with Crippen molar-refractivity contribution in [2.75, 3.05) is 32.1 Å². The quantitative estimate of drug-likeness (QED) is 0.800. The average Bonchev–Trinajstić information content (AvgIpc) is 2.45. The fourth-order valence-electron chi connectivity index (χ4n) is 1.87. The van der Waals surface area contributed by atoms with Gasteiger partial charge in [-0.25, -0.2) is 12.7 Å². The van der Waals surface area contributed by atoms with Gasteiger partial charge in [0.05, 0.1) is 4.90 Å². The van der Waals surface area contributed by atoms with Crippen molar-refractivity contribution in [3.05, 3.63) is 29.8 Å². The van der Waals surface area contributed by atoms with E-state index in [1.54, 1.807) is 30.9 Å². The highest BCUT2D eigenvalue weighted by Crippen LogP contribution is 2.18. The largest absolute Gasteiger partial charge is 0.310 e. The maximum Gasteiger partial charge on any atom is 0.242 e.